The fourth-order valence-electron chi connectivity index (χ4n) is 2.40. The first-order chi connectivity index (χ1) is 9.88. The molecule has 0 aromatic heterocycles. The summed E-state index contributed by atoms with van der Waals surface area (Å²) in [5.41, 5.74) is -0.191. The van der Waals surface area contributed by atoms with E-state index in [4.69, 9.17) is 5.11 Å². The molecule has 0 aliphatic carbocycles. The van der Waals surface area contributed by atoms with Crippen molar-refractivity contribution in [2.75, 3.05) is 32.0 Å². The molecule has 1 aliphatic rings. The average Bonchev–Trinajstić information content (AvgIpc) is 2.40. The number of nitrogens with one attached hydrogen (secondary N) is 1. The summed E-state index contributed by atoms with van der Waals surface area (Å²) in [5.74, 6) is -2.19. The first-order valence-electron chi connectivity index (χ1n) is 6.67. The Kier molecular flexibility index (Phi) is 4.42. The number of carboxylic acids is 1. The van der Waals surface area contributed by atoms with E-state index in [2.05, 4.69) is 10.2 Å². The summed E-state index contributed by atoms with van der Waals surface area (Å²) < 4.78 is 13.3. The number of halogens is 1. The zero-order valence-corrected chi connectivity index (χ0v) is 12.0. The molecule has 6 nitrogen and oxygen atoms in total. The minimum Gasteiger partial charge on any atom is -0.478 e. The second-order valence-electron chi connectivity index (χ2n) is 5.23. The molecule has 0 spiro atoms. The van der Waals surface area contributed by atoms with Crippen LogP contribution in [-0.4, -0.2) is 59.6 Å². The monoisotopic (exact) mass is 295 g/mol. The van der Waals surface area contributed by atoms with Crippen molar-refractivity contribution in [1.29, 1.82) is 0 Å². The van der Waals surface area contributed by atoms with Crippen molar-refractivity contribution in [1.82, 2.24) is 9.80 Å². The number of carbonyl (C=O) groups is 2. The average molecular weight is 295 g/mol. The van der Waals surface area contributed by atoms with Gasteiger partial charge in [0.15, 0.2) is 0 Å². The summed E-state index contributed by atoms with van der Waals surface area (Å²) in [5, 5.41) is 11.5. The van der Waals surface area contributed by atoms with Gasteiger partial charge in [-0.1, -0.05) is 0 Å². The van der Waals surface area contributed by atoms with E-state index in [0.29, 0.717) is 6.54 Å². The summed E-state index contributed by atoms with van der Waals surface area (Å²) in [7, 11) is 1.99. The molecule has 2 amide bonds. The molecular formula is C14H18FN3O3. The molecule has 1 heterocycles. The lowest BCUT2D eigenvalue weighted by molar-refractivity contribution is 0.0692. The Balaban J connectivity index is 2.09. The van der Waals surface area contributed by atoms with E-state index in [9.17, 15) is 14.0 Å². The standard InChI is InChI=1S/C14H18FN3O3/c1-9-8-17(2)5-6-18(9)14(21)16-10-3-4-12(15)11(7-10)13(19)20/h3-4,7,9H,5-6,8H2,1-2H3,(H,16,21)(H,19,20). The first kappa shape index (κ1) is 15.2. The number of carbonyl (C=O) groups excluding carboxylic acids is 1. The minimum atomic E-state index is -1.36. The number of carboxylic acid groups (broad SMARTS) is 1. The van der Waals surface area contributed by atoms with Crippen molar-refractivity contribution in [3.63, 3.8) is 0 Å². The number of urea groups is 1. The van der Waals surface area contributed by atoms with Crippen molar-refractivity contribution in [3.05, 3.63) is 29.6 Å². The molecule has 1 saturated heterocycles. The summed E-state index contributed by atoms with van der Waals surface area (Å²) >= 11 is 0. The van der Waals surface area contributed by atoms with Gasteiger partial charge in [-0.15, -0.1) is 0 Å². The third kappa shape index (κ3) is 3.49. The van der Waals surface area contributed by atoms with Gasteiger partial charge in [-0.2, -0.15) is 0 Å². The Morgan fingerprint density at radius 3 is 2.71 bits per heavy atom. The van der Waals surface area contributed by atoms with Crippen molar-refractivity contribution in [2.24, 2.45) is 0 Å². The van der Waals surface area contributed by atoms with Crippen LogP contribution in [0.3, 0.4) is 0 Å². The van der Waals surface area contributed by atoms with Crippen LogP contribution in [0.2, 0.25) is 0 Å². The van der Waals surface area contributed by atoms with E-state index in [1.165, 1.54) is 6.07 Å². The van der Waals surface area contributed by atoms with Crippen LogP contribution in [-0.2, 0) is 0 Å². The zero-order chi connectivity index (χ0) is 15.6. The molecule has 0 radical (unpaired) electrons. The molecule has 0 saturated carbocycles. The van der Waals surface area contributed by atoms with Crippen LogP contribution in [0.4, 0.5) is 14.9 Å². The van der Waals surface area contributed by atoms with Gasteiger partial charge in [0.05, 0.1) is 5.56 Å². The van der Waals surface area contributed by atoms with Crippen LogP contribution in [0, 0.1) is 5.82 Å². The molecule has 2 N–H and O–H groups in total. The number of rotatable bonds is 2. The van der Waals surface area contributed by atoms with Gasteiger partial charge in [0.25, 0.3) is 0 Å². The van der Waals surface area contributed by atoms with Gasteiger partial charge < -0.3 is 20.2 Å². The molecule has 0 bridgehead atoms. The minimum absolute atomic E-state index is 0.0585. The quantitative estimate of drug-likeness (QED) is 0.871. The highest BCUT2D eigenvalue weighted by atomic mass is 19.1. The Morgan fingerprint density at radius 2 is 2.10 bits per heavy atom. The number of hydrogen-bond donors (Lipinski definition) is 2. The van der Waals surface area contributed by atoms with Gasteiger partial charge >= 0.3 is 12.0 Å². The summed E-state index contributed by atoms with van der Waals surface area (Å²) in [4.78, 5) is 26.9. The normalized spacial score (nSPS) is 19.4. The van der Waals surface area contributed by atoms with E-state index in [-0.39, 0.29) is 17.8 Å². The van der Waals surface area contributed by atoms with Crippen LogP contribution in [0.1, 0.15) is 17.3 Å². The molecule has 7 heteroatoms. The second-order valence-corrected chi connectivity index (χ2v) is 5.23. The second kappa shape index (κ2) is 6.09. The number of aromatic carboxylic acids is 1. The molecule has 1 aromatic rings. The number of nitrogens with zero attached hydrogens (tertiary/aromatic N) is 2. The SMILES string of the molecule is CC1CN(C)CCN1C(=O)Nc1ccc(F)c(C(=O)O)c1. The van der Waals surface area contributed by atoms with Gasteiger partial charge in [-0.25, -0.2) is 14.0 Å². The molecule has 2 rings (SSSR count). The van der Waals surface area contributed by atoms with Crippen LogP contribution >= 0.6 is 0 Å². The number of anilines is 1. The van der Waals surface area contributed by atoms with Crippen LogP contribution in [0.25, 0.3) is 0 Å². The van der Waals surface area contributed by atoms with Gasteiger partial charge in [0, 0.05) is 31.4 Å². The fourth-order valence-corrected chi connectivity index (χ4v) is 2.40. The van der Waals surface area contributed by atoms with Gasteiger partial charge in [-0.05, 0) is 32.2 Å². The molecule has 1 unspecified atom stereocenters. The van der Waals surface area contributed by atoms with Crippen molar-refractivity contribution in [3.8, 4) is 0 Å². The topological polar surface area (TPSA) is 72.9 Å². The lowest BCUT2D eigenvalue weighted by Gasteiger charge is -2.38. The van der Waals surface area contributed by atoms with E-state index < -0.39 is 17.3 Å². The first-order valence-corrected chi connectivity index (χ1v) is 6.67. The highest BCUT2D eigenvalue weighted by molar-refractivity contribution is 5.93. The Hall–Kier alpha value is -2.15. The van der Waals surface area contributed by atoms with Crippen LogP contribution in [0.15, 0.2) is 18.2 Å². The molecule has 1 atom stereocenters. The number of hydrogen-bond acceptors (Lipinski definition) is 3. The number of likely N-dealkylation sites (N-methyl/N-ethyl adjacent to an activating group) is 1. The predicted molar refractivity (Wildman–Crippen MR) is 76.0 cm³/mol. The Morgan fingerprint density at radius 1 is 1.38 bits per heavy atom. The highest BCUT2D eigenvalue weighted by Gasteiger charge is 2.25. The van der Waals surface area contributed by atoms with Gasteiger partial charge in [0.2, 0.25) is 0 Å². The Labute approximate surface area is 122 Å². The molecule has 21 heavy (non-hydrogen) atoms. The summed E-state index contributed by atoms with van der Waals surface area (Å²) in [6, 6.07) is 3.25. The van der Waals surface area contributed by atoms with E-state index in [0.717, 1.165) is 25.2 Å². The van der Waals surface area contributed by atoms with E-state index in [1.807, 2.05) is 14.0 Å². The van der Waals surface area contributed by atoms with E-state index in [1.54, 1.807) is 4.90 Å². The summed E-state index contributed by atoms with van der Waals surface area (Å²) in [6.07, 6.45) is 0. The smallest absolute Gasteiger partial charge is 0.338 e. The molecule has 114 valence electrons. The maximum atomic E-state index is 13.3. The lowest BCUT2D eigenvalue weighted by Crippen LogP contribution is -2.53. The maximum absolute atomic E-state index is 13.3. The number of amides is 2. The number of piperazine rings is 1. The van der Waals surface area contributed by atoms with Gasteiger partial charge in [0.1, 0.15) is 5.82 Å². The largest absolute Gasteiger partial charge is 0.478 e. The molecule has 1 fully saturated rings. The van der Waals surface area contributed by atoms with Crippen molar-refractivity contribution in [2.45, 2.75) is 13.0 Å². The molecular weight excluding hydrogens is 277 g/mol. The van der Waals surface area contributed by atoms with Crippen LogP contribution in [0.5, 0.6) is 0 Å². The number of benzene rings is 1. The van der Waals surface area contributed by atoms with E-state index >= 15 is 0 Å². The predicted octanol–water partition coefficient (Wildman–Crippen LogP) is 1.69. The van der Waals surface area contributed by atoms with Crippen LogP contribution < -0.4 is 5.32 Å². The maximum Gasteiger partial charge on any atom is 0.338 e. The third-order valence-electron chi connectivity index (χ3n) is 3.54. The van der Waals surface area contributed by atoms with Crippen molar-refractivity contribution < 1.29 is 19.1 Å². The van der Waals surface area contributed by atoms with Crippen molar-refractivity contribution >= 4 is 17.7 Å². The highest BCUT2D eigenvalue weighted by Crippen LogP contribution is 2.17. The Bertz CT molecular complexity index is 564. The third-order valence-corrected chi connectivity index (χ3v) is 3.54. The molecule has 1 aliphatic heterocycles. The lowest BCUT2D eigenvalue weighted by atomic mass is 10.2. The summed E-state index contributed by atoms with van der Waals surface area (Å²) in [6.45, 7) is 4.10. The fraction of sp³-hybridized carbons (Fsp3) is 0.429. The molecule has 1 aromatic carbocycles. The van der Waals surface area contributed by atoms with Gasteiger partial charge in [-0.3, -0.25) is 0 Å². The zero-order valence-electron chi connectivity index (χ0n) is 12.0.